The van der Waals surface area contributed by atoms with Crippen LogP contribution in [0.3, 0.4) is 0 Å². The highest BCUT2D eigenvalue weighted by atomic mass is 19.1. The van der Waals surface area contributed by atoms with Gasteiger partial charge in [0.1, 0.15) is 5.82 Å². The van der Waals surface area contributed by atoms with E-state index in [0.29, 0.717) is 18.7 Å². The first kappa shape index (κ1) is 21.5. The molecule has 0 aliphatic carbocycles. The van der Waals surface area contributed by atoms with Gasteiger partial charge in [-0.1, -0.05) is 6.07 Å². The van der Waals surface area contributed by atoms with Gasteiger partial charge in [-0.25, -0.2) is 4.39 Å². The van der Waals surface area contributed by atoms with Crippen molar-refractivity contribution in [3.05, 3.63) is 35.1 Å². The molecule has 29 heavy (non-hydrogen) atoms. The number of hydrogen-bond acceptors (Lipinski definition) is 4. The summed E-state index contributed by atoms with van der Waals surface area (Å²) in [7, 11) is 1.75. The molecule has 1 amide bonds. The minimum absolute atomic E-state index is 0.247. The summed E-state index contributed by atoms with van der Waals surface area (Å²) in [5.74, 6) is 0.648. The van der Waals surface area contributed by atoms with Gasteiger partial charge in [-0.2, -0.15) is 0 Å². The third-order valence-corrected chi connectivity index (χ3v) is 5.68. The lowest BCUT2D eigenvalue weighted by molar-refractivity contribution is -0.133. The largest absolute Gasteiger partial charge is 0.392 e. The van der Waals surface area contributed by atoms with Gasteiger partial charge in [0, 0.05) is 58.4 Å². The van der Waals surface area contributed by atoms with E-state index < -0.39 is 5.82 Å². The van der Waals surface area contributed by atoms with Gasteiger partial charge in [0.2, 0.25) is 5.91 Å². The summed E-state index contributed by atoms with van der Waals surface area (Å²) in [6.07, 6.45) is 3.47. The Morgan fingerprint density at radius 2 is 1.83 bits per heavy atom. The second-order valence-corrected chi connectivity index (χ2v) is 7.69. The van der Waals surface area contributed by atoms with E-state index in [1.165, 1.54) is 12.5 Å². The van der Waals surface area contributed by atoms with Crippen molar-refractivity contribution in [1.82, 2.24) is 20.0 Å². The van der Waals surface area contributed by atoms with Crippen molar-refractivity contribution in [3.63, 3.8) is 0 Å². The van der Waals surface area contributed by atoms with Crippen LogP contribution in [0.4, 0.5) is 4.39 Å². The van der Waals surface area contributed by atoms with Gasteiger partial charge < -0.3 is 20.2 Å². The lowest BCUT2D eigenvalue weighted by Gasteiger charge is -2.37. The van der Waals surface area contributed by atoms with Crippen molar-refractivity contribution in [2.24, 2.45) is 4.99 Å². The number of nitrogens with one attached hydrogen (secondary N) is 1. The molecule has 8 heteroatoms. The highest BCUT2D eigenvalue weighted by Gasteiger charge is 2.24. The van der Waals surface area contributed by atoms with Crippen molar-refractivity contribution in [3.8, 4) is 0 Å². The zero-order valence-electron chi connectivity index (χ0n) is 17.2. The molecule has 1 aromatic rings. The number of nitrogens with zero attached hydrogens (tertiary/aromatic N) is 4. The third kappa shape index (κ3) is 5.90. The Bertz CT molecular complexity index is 713. The molecule has 0 spiro atoms. The summed E-state index contributed by atoms with van der Waals surface area (Å²) >= 11 is 0. The molecule has 2 saturated heterocycles. The SMILES string of the molecule is CN=C(NCc1ccc(F)c(CO)c1)N1CCN(CC(=O)N2CCCCC2)CC1. The number of guanidine groups is 1. The molecule has 160 valence electrons. The Morgan fingerprint density at radius 1 is 1.10 bits per heavy atom. The van der Waals surface area contributed by atoms with Gasteiger partial charge in [-0.15, -0.1) is 0 Å². The molecule has 2 N–H and O–H groups in total. The van der Waals surface area contributed by atoms with Crippen molar-refractivity contribution >= 4 is 11.9 Å². The molecular weight excluding hydrogens is 373 g/mol. The second-order valence-electron chi connectivity index (χ2n) is 7.69. The predicted molar refractivity (Wildman–Crippen MR) is 111 cm³/mol. The van der Waals surface area contributed by atoms with Gasteiger partial charge in [0.25, 0.3) is 0 Å². The van der Waals surface area contributed by atoms with Gasteiger partial charge in [0.15, 0.2) is 5.96 Å². The molecule has 2 aliphatic rings. The lowest BCUT2D eigenvalue weighted by Crippen LogP contribution is -2.54. The maximum atomic E-state index is 13.5. The fourth-order valence-corrected chi connectivity index (χ4v) is 3.92. The fourth-order valence-electron chi connectivity index (χ4n) is 3.92. The number of likely N-dealkylation sites (tertiary alicyclic amines) is 1. The number of aliphatic hydroxyl groups excluding tert-OH is 1. The van der Waals surface area contributed by atoms with Crippen LogP contribution < -0.4 is 5.32 Å². The molecule has 0 atom stereocenters. The van der Waals surface area contributed by atoms with E-state index in [2.05, 4.69) is 20.1 Å². The minimum atomic E-state index is -0.393. The van der Waals surface area contributed by atoms with Gasteiger partial charge >= 0.3 is 0 Å². The average molecular weight is 406 g/mol. The van der Waals surface area contributed by atoms with Gasteiger partial charge in [-0.05, 0) is 37.0 Å². The Hall–Kier alpha value is -2.19. The van der Waals surface area contributed by atoms with Crippen LogP contribution in [0.15, 0.2) is 23.2 Å². The molecular formula is C21H32FN5O2. The van der Waals surface area contributed by atoms with Crippen molar-refractivity contribution in [2.45, 2.75) is 32.4 Å². The molecule has 0 unspecified atom stereocenters. The van der Waals surface area contributed by atoms with E-state index in [9.17, 15) is 14.3 Å². The Kier molecular flexibility index (Phi) is 7.83. The van der Waals surface area contributed by atoms with Crippen LogP contribution in [0.5, 0.6) is 0 Å². The summed E-state index contributed by atoms with van der Waals surface area (Å²) in [6.45, 7) is 5.75. The van der Waals surface area contributed by atoms with E-state index in [1.807, 2.05) is 4.90 Å². The molecule has 0 aromatic heterocycles. The maximum absolute atomic E-state index is 13.5. The van der Waals surface area contributed by atoms with Crippen molar-refractivity contribution < 1.29 is 14.3 Å². The van der Waals surface area contributed by atoms with E-state index >= 15 is 0 Å². The Balaban J connectivity index is 1.45. The second kappa shape index (κ2) is 10.5. The molecule has 2 aliphatic heterocycles. The number of piperazine rings is 1. The standard InChI is InChI=1S/C21H32FN5O2/c1-23-21(24-14-17-5-6-19(22)18(13-17)16-28)27-11-9-25(10-12-27)15-20(29)26-7-3-2-4-8-26/h5-6,13,28H,2-4,7-12,14-16H2,1H3,(H,23,24). The summed E-state index contributed by atoms with van der Waals surface area (Å²) in [5.41, 5.74) is 1.19. The summed E-state index contributed by atoms with van der Waals surface area (Å²) in [6, 6.07) is 4.75. The first-order valence-electron chi connectivity index (χ1n) is 10.4. The Morgan fingerprint density at radius 3 is 2.48 bits per heavy atom. The first-order chi connectivity index (χ1) is 14.1. The number of carbonyl (C=O) groups is 1. The molecule has 0 saturated carbocycles. The van der Waals surface area contributed by atoms with Crippen LogP contribution in [0, 0.1) is 5.82 Å². The number of hydrogen-bond donors (Lipinski definition) is 2. The van der Waals surface area contributed by atoms with E-state index in [4.69, 9.17) is 0 Å². The van der Waals surface area contributed by atoms with Crippen LogP contribution in [0.1, 0.15) is 30.4 Å². The number of rotatable bonds is 5. The molecule has 2 fully saturated rings. The number of carbonyl (C=O) groups excluding carboxylic acids is 1. The fraction of sp³-hybridized carbons (Fsp3) is 0.619. The molecule has 3 rings (SSSR count). The topological polar surface area (TPSA) is 71.4 Å². The quantitative estimate of drug-likeness (QED) is 0.566. The number of halogens is 1. The highest BCUT2D eigenvalue weighted by molar-refractivity contribution is 5.80. The minimum Gasteiger partial charge on any atom is -0.392 e. The number of aliphatic imine (C=N–C) groups is 1. The number of benzene rings is 1. The van der Waals surface area contributed by atoms with Crippen molar-refractivity contribution in [2.75, 3.05) is 52.9 Å². The molecule has 0 bridgehead atoms. The molecule has 7 nitrogen and oxygen atoms in total. The highest BCUT2D eigenvalue weighted by Crippen LogP contribution is 2.12. The van der Waals surface area contributed by atoms with Crippen LogP contribution in [0.2, 0.25) is 0 Å². The zero-order valence-corrected chi connectivity index (χ0v) is 17.2. The number of piperidine rings is 1. The first-order valence-corrected chi connectivity index (χ1v) is 10.4. The van der Waals surface area contributed by atoms with E-state index in [1.54, 1.807) is 19.2 Å². The van der Waals surface area contributed by atoms with Crippen LogP contribution >= 0.6 is 0 Å². The zero-order chi connectivity index (χ0) is 20.6. The summed E-state index contributed by atoms with van der Waals surface area (Å²) in [5, 5.41) is 12.5. The lowest BCUT2D eigenvalue weighted by atomic mass is 10.1. The molecule has 2 heterocycles. The summed E-state index contributed by atoms with van der Waals surface area (Å²) in [4.78, 5) is 23.2. The monoisotopic (exact) mass is 405 g/mol. The average Bonchev–Trinajstić information content (AvgIpc) is 2.76. The van der Waals surface area contributed by atoms with Crippen LogP contribution in [-0.4, -0.2) is 84.5 Å². The van der Waals surface area contributed by atoms with Gasteiger partial charge in [0.05, 0.1) is 13.2 Å². The third-order valence-electron chi connectivity index (χ3n) is 5.68. The Labute approximate surface area is 172 Å². The summed E-state index contributed by atoms with van der Waals surface area (Å²) < 4.78 is 13.5. The van der Waals surface area contributed by atoms with E-state index in [0.717, 1.165) is 63.6 Å². The maximum Gasteiger partial charge on any atom is 0.236 e. The van der Waals surface area contributed by atoms with Crippen LogP contribution in [0.25, 0.3) is 0 Å². The normalized spacial score (nSPS) is 18.8. The van der Waals surface area contributed by atoms with Gasteiger partial charge in [-0.3, -0.25) is 14.7 Å². The predicted octanol–water partition coefficient (Wildman–Crippen LogP) is 1.02. The van der Waals surface area contributed by atoms with Crippen LogP contribution in [-0.2, 0) is 17.9 Å². The number of amides is 1. The van der Waals surface area contributed by atoms with E-state index in [-0.39, 0.29) is 12.5 Å². The smallest absolute Gasteiger partial charge is 0.236 e. The number of aliphatic hydroxyl groups is 1. The van der Waals surface area contributed by atoms with Crippen molar-refractivity contribution in [1.29, 1.82) is 0 Å². The molecule has 1 aromatic carbocycles. The molecule has 0 radical (unpaired) electrons.